The minimum absolute atomic E-state index is 0.170. The van der Waals surface area contributed by atoms with E-state index in [1.165, 1.54) is 0 Å². The Morgan fingerprint density at radius 2 is 1.90 bits per heavy atom. The van der Waals surface area contributed by atoms with E-state index in [9.17, 15) is 9.90 Å². The Morgan fingerprint density at radius 1 is 1.05 bits per heavy atom. The fraction of sp³-hybridized carbons (Fsp3) is 0.414. The van der Waals surface area contributed by atoms with E-state index in [4.69, 9.17) is 24.2 Å². The molecule has 2 aromatic carbocycles. The van der Waals surface area contributed by atoms with Gasteiger partial charge in [0, 0.05) is 49.8 Å². The van der Waals surface area contributed by atoms with E-state index >= 15 is 0 Å². The maximum Gasteiger partial charge on any atom is 0.222 e. The third-order valence-corrected chi connectivity index (χ3v) is 6.46. The normalized spacial score (nSPS) is 13.8. The topological polar surface area (TPSA) is 118 Å². The lowest BCUT2D eigenvalue weighted by Gasteiger charge is -2.16. The van der Waals surface area contributed by atoms with Gasteiger partial charge >= 0.3 is 0 Å². The van der Waals surface area contributed by atoms with Crippen LogP contribution in [0.15, 0.2) is 48.5 Å². The highest BCUT2D eigenvalue weighted by Crippen LogP contribution is 2.33. The van der Waals surface area contributed by atoms with Gasteiger partial charge in [-0.2, -0.15) is 0 Å². The van der Waals surface area contributed by atoms with E-state index in [1.807, 2.05) is 53.4 Å². The second-order valence-electron chi connectivity index (χ2n) is 9.35. The molecule has 0 saturated carbocycles. The number of aromatic nitrogens is 2. The van der Waals surface area contributed by atoms with Crippen molar-refractivity contribution in [2.45, 2.75) is 25.4 Å². The molecule has 1 atom stereocenters. The Hall–Kier alpha value is -3.89. The fourth-order valence-corrected chi connectivity index (χ4v) is 4.45. The van der Waals surface area contributed by atoms with E-state index in [-0.39, 0.29) is 12.5 Å². The van der Waals surface area contributed by atoms with Crippen molar-refractivity contribution in [2.24, 2.45) is 0 Å². The fourth-order valence-electron chi connectivity index (χ4n) is 4.45. The molecule has 3 N–H and O–H groups in total. The number of hydrogen-bond donors (Lipinski definition) is 3. The summed E-state index contributed by atoms with van der Waals surface area (Å²) in [7, 11) is 4.99. The zero-order valence-corrected chi connectivity index (χ0v) is 22.8. The van der Waals surface area contributed by atoms with Crippen molar-refractivity contribution in [3.05, 3.63) is 48.5 Å². The van der Waals surface area contributed by atoms with Crippen LogP contribution >= 0.6 is 0 Å². The zero-order valence-electron chi connectivity index (χ0n) is 22.8. The monoisotopic (exact) mass is 535 g/mol. The summed E-state index contributed by atoms with van der Waals surface area (Å²) in [6.07, 6.45) is 1.78. The lowest BCUT2D eigenvalue weighted by molar-refractivity contribution is -0.127. The summed E-state index contributed by atoms with van der Waals surface area (Å²) in [5.41, 5.74) is 2.35. The number of carbonyl (C=O) groups excluding carboxylic acids is 1. The van der Waals surface area contributed by atoms with Crippen molar-refractivity contribution < 1.29 is 24.1 Å². The standard InChI is InChI=1S/C29H37N5O5/c1-30-18-22(35)19-39-23-8-4-7-21(15-23)29-32-24(20-10-11-25(37-2)26(16-20)38-3)17-27(33-29)31-12-6-14-34-13-5-9-28(34)36/h4,7-8,10-11,15-17,22,30,35H,5-6,9,12-14,18-19H2,1-3H3,(H,31,32,33). The maximum atomic E-state index is 11.9. The Morgan fingerprint density at radius 3 is 2.64 bits per heavy atom. The van der Waals surface area contributed by atoms with Crippen molar-refractivity contribution in [1.82, 2.24) is 20.2 Å². The first-order chi connectivity index (χ1) is 19.0. The van der Waals surface area contributed by atoms with E-state index in [2.05, 4.69) is 10.6 Å². The number of aliphatic hydroxyl groups is 1. The Labute approximate surface area is 229 Å². The highest BCUT2D eigenvalue weighted by Gasteiger charge is 2.19. The lowest BCUT2D eigenvalue weighted by Crippen LogP contribution is -2.29. The van der Waals surface area contributed by atoms with Gasteiger partial charge in [-0.1, -0.05) is 12.1 Å². The number of nitrogens with zero attached hydrogens (tertiary/aromatic N) is 3. The van der Waals surface area contributed by atoms with Crippen LogP contribution in [0.4, 0.5) is 5.82 Å². The second kappa shape index (κ2) is 13.8. The number of ether oxygens (including phenoxy) is 3. The SMILES string of the molecule is CNCC(O)COc1cccc(-c2nc(NCCCN3CCCC3=O)cc(-c3ccc(OC)c(OC)c3)n2)c1. The minimum atomic E-state index is -0.616. The van der Waals surface area contributed by atoms with Crippen molar-refractivity contribution >= 4 is 11.7 Å². The van der Waals surface area contributed by atoms with Crippen LogP contribution in [0, 0.1) is 0 Å². The molecule has 10 heteroatoms. The minimum Gasteiger partial charge on any atom is -0.493 e. The summed E-state index contributed by atoms with van der Waals surface area (Å²) in [6, 6.07) is 15.1. The highest BCUT2D eigenvalue weighted by molar-refractivity contribution is 5.78. The van der Waals surface area contributed by atoms with Crippen molar-refractivity contribution in [3.63, 3.8) is 0 Å². The Balaban J connectivity index is 1.58. The number of benzene rings is 2. The molecule has 1 unspecified atom stereocenters. The number of likely N-dealkylation sites (N-methyl/N-ethyl adjacent to an activating group) is 1. The molecule has 0 bridgehead atoms. The molecule has 1 aliphatic heterocycles. The predicted octanol–water partition coefficient (Wildman–Crippen LogP) is 3.21. The van der Waals surface area contributed by atoms with Gasteiger partial charge in [0.15, 0.2) is 17.3 Å². The molecular weight excluding hydrogens is 498 g/mol. The smallest absolute Gasteiger partial charge is 0.222 e. The average Bonchev–Trinajstić information content (AvgIpc) is 3.38. The summed E-state index contributed by atoms with van der Waals surface area (Å²) in [6.45, 7) is 2.84. The third-order valence-electron chi connectivity index (χ3n) is 6.46. The molecular formula is C29H37N5O5. The molecule has 2 heterocycles. The van der Waals surface area contributed by atoms with Gasteiger partial charge in [0.25, 0.3) is 0 Å². The van der Waals surface area contributed by atoms with Crippen LogP contribution in [0.25, 0.3) is 22.6 Å². The number of amides is 1. The number of methoxy groups -OCH3 is 2. The van der Waals surface area contributed by atoms with Gasteiger partial charge in [-0.15, -0.1) is 0 Å². The number of rotatable bonds is 14. The van der Waals surface area contributed by atoms with Gasteiger partial charge in [0.1, 0.15) is 24.3 Å². The predicted molar refractivity (Wildman–Crippen MR) is 150 cm³/mol. The summed E-state index contributed by atoms with van der Waals surface area (Å²) in [5.74, 6) is 3.29. The molecule has 1 saturated heterocycles. The van der Waals surface area contributed by atoms with Crippen LogP contribution in [0.1, 0.15) is 19.3 Å². The first kappa shape index (κ1) is 28.1. The maximum absolute atomic E-state index is 11.9. The van der Waals surface area contributed by atoms with Crippen LogP contribution in [0.5, 0.6) is 17.2 Å². The largest absolute Gasteiger partial charge is 0.493 e. The van der Waals surface area contributed by atoms with Crippen LogP contribution in [-0.4, -0.2) is 86.0 Å². The highest BCUT2D eigenvalue weighted by atomic mass is 16.5. The van der Waals surface area contributed by atoms with Crippen LogP contribution in [-0.2, 0) is 4.79 Å². The van der Waals surface area contributed by atoms with Crippen LogP contribution in [0.3, 0.4) is 0 Å². The van der Waals surface area contributed by atoms with Gasteiger partial charge in [0.2, 0.25) is 5.91 Å². The molecule has 3 aromatic rings. The molecule has 4 rings (SSSR count). The molecule has 10 nitrogen and oxygen atoms in total. The van der Waals surface area contributed by atoms with E-state index in [0.29, 0.717) is 54.1 Å². The molecule has 1 amide bonds. The Kier molecular flexibility index (Phi) is 9.93. The van der Waals surface area contributed by atoms with Gasteiger partial charge in [-0.05, 0) is 50.2 Å². The van der Waals surface area contributed by atoms with Gasteiger partial charge in [0.05, 0.1) is 19.9 Å². The zero-order chi connectivity index (χ0) is 27.6. The van der Waals surface area contributed by atoms with Gasteiger partial charge in [-0.3, -0.25) is 4.79 Å². The lowest BCUT2D eigenvalue weighted by atomic mass is 10.1. The van der Waals surface area contributed by atoms with Crippen LogP contribution < -0.4 is 24.8 Å². The van der Waals surface area contributed by atoms with Crippen molar-refractivity contribution in [1.29, 1.82) is 0 Å². The first-order valence-electron chi connectivity index (χ1n) is 13.2. The van der Waals surface area contributed by atoms with E-state index in [0.717, 1.165) is 37.1 Å². The molecule has 39 heavy (non-hydrogen) atoms. The molecule has 0 aliphatic carbocycles. The molecule has 0 radical (unpaired) electrons. The molecule has 1 aromatic heterocycles. The molecule has 208 valence electrons. The molecule has 0 spiro atoms. The third kappa shape index (κ3) is 7.58. The Bertz CT molecular complexity index is 1250. The van der Waals surface area contributed by atoms with Gasteiger partial charge in [-0.25, -0.2) is 9.97 Å². The number of hydrogen-bond acceptors (Lipinski definition) is 9. The molecule has 1 aliphatic rings. The number of anilines is 1. The van der Waals surface area contributed by atoms with Gasteiger partial charge < -0.3 is 34.9 Å². The van der Waals surface area contributed by atoms with E-state index in [1.54, 1.807) is 21.3 Å². The summed E-state index contributed by atoms with van der Waals surface area (Å²) >= 11 is 0. The number of nitrogens with one attached hydrogen (secondary N) is 2. The summed E-state index contributed by atoms with van der Waals surface area (Å²) in [5, 5.41) is 16.3. The number of aliphatic hydroxyl groups excluding tert-OH is 1. The number of carbonyl (C=O) groups is 1. The van der Waals surface area contributed by atoms with Crippen molar-refractivity contribution in [2.75, 3.05) is 59.4 Å². The first-order valence-corrected chi connectivity index (χ1v) is 13.2. The van der Waals surface area contributed by atoms with E-state index < -0.39 is 6.10 Å². The second-order valence-corrected chi connectivity index (χ2v) is 9.35. The summed E-state index contributed by atoms with van der Waals surface area (Å²) in [4.78, 5) is 23.5. The number of likely N-dealkylation sites (tertiary alicyclic amines) is 1. The van der Waals surface area contributed by atoms with Crippen molar-refractivity contribution in [3.8, 4) is 39.9 Å². The average molecular weight is 536 g/mol. The quantitative estimate of drug-likeness (QED) is 0.268. The summed E-state index contributed by atoms with van der Waals surface area (Å²) < 4.78 is 16.7. The molecule has 1 fully saturated rings. The van der Waals surface area contributed by atoms with Crippen LogP contribution in [0.2, 0.25) is 0 Å².